The van der Waals surface area contributed by atoms with Crippen molar-refractivity contribution in [3.63, 3.8) is 0 Å². The summed E-state index contributed by atoms with van der Waals surface area (Å²) < 4.78 is 8.73. The fraction of sp³-hybridized carbons (Fsp3) is 0.238. The molecule has 1 aliphatic heterocycles. The van der Waals surface area contributed by atoms with Crippen molar-refractivity contribution in [1.82, 2.24) is 9.36 Å². The molecule has 0 spiro atoms. The highest BCUT2D eigenvalue weighted by atomic mass is 32.2. The van der Waals surface area contributed by atoms with Crippen molar-refractivity contribution in [3.8, 4) is 11.4 Å². The van der Waals surface area contributed by atoms with Gasteiger partial charge in [-0.05, 0) is 36.8 Å². The lowest BCUT2D eigenvalue weighted by atomic mass is 10.2. The van der Waals surface area contributed by atoms with Crippen LogP contribution in [0.4, 0.5) is 5.69 Å². The molecule has 3 aromatic rings. The fourth-order valence-electron chi connectivity index (χ4n) is 3.54. The van der Waals surface area contributed by atoms with Crippen LogP contribution in [0.5, 0.6) is 5.75 Å². The molecular formula is C21H21N3O3S. The highest BCUT2D eigenvalue weighted by Crippen LogP contribution is 2.42. The van der Waals surface area contributed by atoms with E-state index in [1.54, 1.807) is 21.4 Å². The Hall–Kier alpha value is -2.93. The van der Waals surface area contributed by atoms with E-state index >= 15 is 0 Å². The van der Waals surface area contributed by atoms with E-state index in [0.717, 1.165) is 22.7 Å². The van der Waals surface area contributed by atoms with Crippen LogP contribution in [-0.4, -0.2) is 28.1 Å². The number of benzene rings is 2. The number of hydrogen-bond donors (Lipinski definition) is 0. The Labute approximate surface area is 167 Å². The zero-order chi connectivity index (χ0) is 19.8. The SMILES string of the molecule is COc1cccc(C2SCC(=O)N2c2c(C)n(C)n(-c3ccccc3)c2=O)c1. The van der Waals surface area contributed by atoms with Gasteiger partial charge in [-0.3, -0.25) is 19.2 Å². The average Bonchev–Trinajstić information content (AvgIpc) is 3.19. The zero-order valence-electron chi connectivity index (χ0n) is 16.0. The van der Waals surface area contributed by atoms with Crippen molar-refractivity contribution in [2.75, 3.05) is 17.8 Å². The summed E-state index contributed by atoms with van der Waals surface area (Å²) in [6.07, 6.45) is 0. The summed E-state index contributed by atoms with van der Waals surface area (Å²) in [5.74, 6) is 0.994. The van der Waals surface area contributed by atoms with Gasteiger partial charge in [0.05, 0.1) is 24.2 Å². The molecule has 0 bridgehead atoms. The second-order valence-electron chi connectivity index (χ2n) is 6.61. The first kappa shape index (κ1) is 18.4. The number of ether oxygens (including phenoxy) is 1. The van der Waals surface area contributed by atoms with E-state index in [4.69, 9.17) is 4.74 Å². The Kier molecular flexibility index (Phi) is 4.77. The molecule has 0 N–H and O–H groups in total. The third-order valence-corrected chi connectivity index (χ3v) is 6.22. The van der Waals surface area contributed by atoms with E-state index in [9.17, 15) is 9.59 Å². The number of nitrogens with zero attached hydrogens (tertiary/aromatic N) is 3. The van der Waals surface area contributed by atoms with E-state index in [1.165, 1.54) is 11.8 Å². The molecule has 144 valence electrons. The van der Waals surface area contributed by atoms with Crippen LogP contribution in [0.1, 0.15) is 16.6 Å². The van der Waals surface area contributed by atoms with Crippen molar-refractivity contribution in [2.24, 2.45) is 7.05 Å². The molecule has 1 aliphatic rings. The molecule has 2 aromatic carbocycles. The summed E-state index contributed by atoms with van der Waals surface area (Å²) in [7, 11) is 3.45. The number of aromatic nitrogens is 2. The summed E-state index contributed by atoms with van der Waals surface area (Å²) in [6.45, 7) is 1.87. The van der Waals surface area contributed by atoms with Crippen LogP contribution in [0.25, 0.3) is 5.69 Å². The first-order valence-corrected chi connectivity index (χ1v) is 9.99. The minimum Gasteiger partial charge on any atom is -0.497 e. The summed E-state index contributed by atoms with van der Waals surface area (Å²) in [5.41, 5.74) is 2.67. The van der Waals surface area contributed by atoms with Crippen LogP contribution in [0.3, 0.4) is 0 Å². The summed E-state index contributed by atoms with van der Waals surface area (Å²) >= 11 is 1.52. The summed E-state index contributed by atoms with van der Waals surface area (Å²) in [4.78, 5) is 27.8. The molecule has 0 radical (unpaired) electrons. The van der Waals surface area contributed by atoms with Gasteiger partial charge in [-0.2, -0.15) is 0 Å². The van der Waals surface area contributed by atoms with E-state index in [2.05, 4.69) is 0 Å². The van der Waals surface area contributed by atoms with Crippen molar-refractivity contribution < 1.29 is 9.53 Å². The van der Waals surface area contributed by atoms with Gasteiger partial charge in [0.15, 0.2) is 0 Å². The Balaban J connectivity index is 1.85. The molecule has 28 heavy (non-hydrogen) atoms. The molecule has 7 heteroatoms. The Morgan fingerprint density at radius 2 is 1.82 bits per heavy atom. The van der Waals surface area contributed by atoms with Crippen LogP contribution >= 0.6 is 11.8 Å². The minimum atomic E-state index is -0.263. The van der Waals surface area contributed by atoms with Gasteiger partial charge < -0.3 is 4.74 Å². The van der Waals surface area contributed by atoms with Crippen LogP contribution in [0, 0.1) is 6.92 Å². The van der Waals surface area contributed by atoms with Crippen LogP contribution in [0.15, 0.2) is 59.4 Å². The topological polar surface area (TPSA) is 56.5 Å². The Bertz CT molecular complexity index is 1090. The van der Waals surface area contributed by atoms with E-state index in [0.29, 0.717) is 11.4 Å². The molecule has 0 saturated carbocycles. The standard InChI is InChI=1S/C21H21N3O3S/c1-14-19(20(26)24(22(14)2)16-9-5-4-6-10-16)23-18(25)13-28-21(23)15-8-7-11-17(12-15)27-3/h4-12,21H,13H2,1-3H3. The molecule has 1 saturated heterocycles. The number of methoxy groups -OCH3 is 1. The quantitative estimate of drug-likeness (QED) is 0.680. The first-order chi connectivity index (χ1) is 13.5. The lowest BCUT2D eigenvalue weighted by Gasteiger charge is -2.23. The average molecular weight is 395 g/mol. The maximum atomic E-state index is 13.4. The molecule has 1 fully saturated rings. The predicted octanol–water partition coefficient (Wildman–Crippen LogP) is 3.27. The highest BCUT2D eigenvalue weighted by Gasteiger charge is 2.38. The lowest BCUT2D eigenvalue weighted by molar-refractivity contribution is -0.115. The summed E-state index contributed by atoms with van der Waals surface area (Å²) in [6, 6.07) is 17.1. The number of rotatable bonds is 4. The second kappa shape index (κ2) is 7.24. The molecule has 2 heterocycles. The van der Waals surface area contributed by atoms with Crippen molar-refractivity contribution in [1.29, 1.82) is 0 Å². The van der Waals surface area contributed by atoms with Gasteiger partial charge in [-0.1, -0.05) is 30.3 Å². The molecule has 1 amide bonds. The molecule has 1 atom stereocenters. The van der Waals surface area contributed by atoms with E-state index in [-0.39, 0.29) is 16.8 Å². The Morgan fingerprint density at radius 3 is 2.54 bits per heavy atom. The number of para-hydroxylation sites is 1. The normalized spacial score (nSPS) is 16.6. The second-order valence-corrected chi connectivity index (χ2v) is 7.68. The number of hydrogen-bond acceptors (Lipinski definition) is 4. The smallest absolute Gasteiger partial charge is 0.295 e. The third kappa shape index (κ3) is 2.92. The van der Waals surface area contributed by atoms with E-state index in [1.807, 2.05) is 68.6 Å². The monoisotopic (exact) mass is 395 g/mol. The van der Waals surface area contributed by atoms with Gasteiger partial charge in [-0.25, -0.2) is 4.68 Å². The fourth-order valence-corrected chi connectivity index (χ4v) is 4.69. The molecule has 6 nitrogen and oxygen atoms in total. The first-order valence-electron chi connectivity index (χ1n) is 8.94. The largest absolute Gasteiger partial charge is 0.497 e. The van der Waals surface area contributed by atoms with Crippen molar-refractivity contribution >= 4 is 23.4 Å². The van der Waals surface area contributed by atoms with E-state index < -0.39 is 0 Å². The molecule has 1 unspecified atom stereocenters. The van der Waals surface area contributed by atoms with Crippen LogP contribution in [0.2, 0.25) is 0 Å². The number of anilines is 1. The van der Waals surface area contributed by atoms with Crippen molar-refractivity contribution in [2.45, 2.75) is 12.3 Å². The number of carbonyl (C=O) groups excluding carboxylic acids is 1. The van der Waals surface area contributed by atoms with Gasteiger partial charge in [-0.15, -0.1) is 11.8 Å². The van der Waals surface area contributed by atoms with Gasteiger partial charge in [0.1, 0.15) is 16.8 Å². The minimum absolute atomic E-state index is 0.0659. The van der Waals surface area contributed by atoms with Crippen LogP contribution in [-0.2, 0) is 11.8 Å². The van der Waals surface area contributed by atoms with Gasteiger partial charge in [0, 0.05) is 7.05 Å². The third-order valence-electron chi connectivity index (χ3n) is 5.01. The molecule has 1 aromatic heterocycles. The number of carbonyl (C=O) groups is 1. The maximum Gasteiger partial charge on any atom is 0.295 e. The van der Waals surface area contributed by atoms with Gasteiger partial charge in [0.2, 0.25) is 5.91 Å². The highest BCUT2D eigenvalue weighted by molar-refractivity contribution is 8.00. The molecule has 0 aliphatic carbocycles. The predicted molar refractivity (Wildman–Crippen MR) is 111 cm³/mol. The zero-order valence-corrected chi connectivity index (χ0v) is 16.8. The van der Waals surface area contributed by atoms with Crippen LogP contribution < -0.4 is 15.2 Å². The molecular weight excluding hydrogens is 374 g/mol. The number of amides is 1. The lowest BCUT2D eigenvalue weighted by Crippen LogP contribution is -2.33. The van der Waals surface area contributed by atoms with Crippen molar-refractivity contribution in [3.05, 3.63) is 76.2 Å². The molecule has 4 rings (SSSR count). The maximum absolute atomic E-state index is 13.4. The van der Waals surface area contributed by atoms with Gasteiger partial charge in [0.25, 0.3) is 5.56 Å². The summed E-state index contributed by atoms with van der Waals surface area (Å²) in [5, 5.41) is -0.263. The number of thioether (sulfide) groups is 1. The Morgan fingerprint density at radius 1 is 1.07 bits per heavy atom. The van der Waals surface area contributed by atoms with Gasteiger partial charge >= 0.3 is 0 Å².